The molecule has 0 aromatic carbocycles. The highest BCUT2D eigenvalue weighted by atomic mass is 16.3. The quantitative estimate of drug-likeness (QED) is 0.854. The number of hydrogen-bond acceptors (Lipinski definition) is 3. The van der Waals surface area contributed by atoms with E-state index in [1.807, 2.05) is 12.3 Å². The summed E-state index contributed by atoms with van der Waals surface area (Å²) in [6, 6.07) is 2.57. The highest BCUT2D eigenvalue weighted by Crippen LogP contribution is 2.30. The van der Waals surface area contributed by atoms with E-state index in [9.17, 15) is 5.11 Å². The standard InChI is InChI=1S/C16H26N2O/c1-13(2)8-10-18(15-5-3-4-6-15)16-11-17-9-7-14(16)12-19/h7,9,11,13,15,19H,3-6,8,10,12H2,1-2H3. The molecule has 0 saturated heterocycles. The highest BCUT2D eigenvalue weighted by Gasteiger charge is 2.24. The van der Waals surface area contributed by atoms with Gasteiger partial charge in [0.25, 0.3) is 0 Å². The van der Waals surface area contributed by atoms with Crippen LogP contribution in [0.4, 0.5) is 5.69 Å². The molecule has 0 radical (unpaired) electrons. The normalized spacial score (nSPS) is 16.2. The van der Waals surface area contributed by atoms with Gasteiger partial charge in [0.05, 0.1) is 18.5 Å². The topological polar surface area (TPSA) is 36.4 Å². The van der Waals surface area contributed by atoms with Gasteiger partial charge in [-0.3, -0.25) is 4.98 Å². The average molecular weight is 262 g/mol. The third-order valence-electron chi connectivity index (χ3n) is 4.08. The van der Waals surface area contributed by atoms with Gasteiger partial charge in [0, 0.05) is 24.3 Å². The first-order chi connectivity index (χ1) is 9.22. The Morgan fingerprint density at radius 2 is 2.11 bits per heavy atom. The lowest BCUT2D eigenvalue weighted by Gasteiger charge is -2.33. The average Bonchev–Trinajstić information content (AvgIpc) is 2.93. The zero-order valence-electron chi connectivity index (χ0n) is 12.2. The van der Waals surface area contributed by atoms with Crippen molar-refractivity contribution in [2.45, 2.75) is 58.6 Å². The van der Waals surface area contributed by atoms with E-state index in [0.29, 0.717) is 12.0 Å². The van der Waals surface area contributed by atoms with Crippen LogP contribution in [0.15, 0.2) is 18.5 Å². The van der Waals surface area contributed by atoms with Gasteiger partial charge in [0.1, 0.15) is 0 Å². The lowest BCUT2D eigenvalue weighted by molar-refractivity contribution is 0.281. The van der Waals surface area contributed by atoms with Crippen LogP contribution < -0.4 is 4.90 Å². The summed E-state index contributed by atoms with van der Waals surface area (Å²) in [5, 5.41) is 9.53. The molecule has 3 nitrogen and oxygen atoms in total. The van der Waals surface area contributed by atoms with Crippen molar-refractivity contribution in [3.63, 3.8) is 0 Å². The lowest BCUT2D eigenvalue weighted by atomic mass is 10.1. The van der Waals surface area contributed by atoms with Crippen molar-refractivity contribution < 1.29 is 5.11 Å². The third-order valence-corrected chi connectivity index (χ3v) is 4.08. The van der Waals surface area contributed by atoms with Crippen molar-refractivity contribution in [1.29, 1.82) is 0 Å². The molecule has 1 aliphatic carbocycles. The number of hydrogen-bond donors (Lipinski definition) is 1. The number of pyridine rings is 1. The smallest absolute Gasteiger partial charge is 0.0703 e. The van der Waals surface area contributed by atoms with Crippen LogP contribution in [0.5, 0.6) is 0 Å². The molecule has 0 unspecified atom stereocenters. The zero-order valence-corrected chi connectivity index (χ0v) is 12.2. The zero-order chi connectivity index (χ0) is 13.7. The fourth-order valence-corrected chi connectivity index (χ4v) is 2.92. The maximum Gasteiger partial charge on any atom is 0.0703 e. The summed E-state index contributed by atoms with van der Waals surface area (Å²) in [4.78, 5) is 6.75. The first-order valence-corrected chi connectivity index (χ1v) is 7.52. The van der Waals surface area contributed by atoms with Gasteiger partial charge >= 0.3 is 0 Å². The Balaban J connectivity index is 2.19. The second-order valence-corrected chi connectivity index (χ2v) is 5.98. The SMILES string of the molecule is CC(C)CCN(c1cnccc1CO)C1CCCC1. The summed E-state index contributed by atoms with van der Waals surface area (Å²) in [6.45, 7) is 5.70. The predicted octanol–water partition coefficient (Wildman–Crippen LogP) is 3.37. The lowest BCUT2D eigenvalue weighted by Crippen LogP contribution is -2.35. The molecular formula is C16H26N2O. The first-order valence-electron chi connectivity index (χ1n) is 7.52. The third kappa shape index (κ3) is 3.69. The molecule has 0 spiro atoms. The maximum atomic E-state index is 9.53. The number of aliphatic hydroxyl groups excluding tert-OH is 1. The maximum absolute atomic E-state index is 9.53. The Labute approximate surface area is 116 Å². The molecule has 106 valence electrons. The molecule has 1 aliphatic rings. The number of rotatable bonds is 6. The summed E-state index contributed by atoms with van der Waals surface area (Å²) in [6.07, 6.45) is 10.1. The Hall–Kier alpha value is -1.09. The van der Waals surface area contributed by atoms with E-state index in [2.05, 4.69) is 23.7 Å². The molecule has 1 aromatic heterocycles. The van der Waals surface area contributed by atoms with Crippen molar-refractivity contribution in [3.8, 4) is 0 Å². The van der Waals surface area contributed by atoms with Crippen LogP contribution in [0.3, 0.4) is 0 Å². The van der Waals surface area contributed by atoms with E-state index in [0.717, 1.165) is 17.8 Å². The molecule has 19 heavy (non-hydrogen) atoms. The molecule has 1 heterocycles. The van der Waals surface area contributed by atoms with Crippen LogP contribution in [-0.2, 0) is 6.61 Å². The molecule has 2 rings (SSSR count). The van der Waals surface area contributed by atoms with Crippen molar-refractivity contribution >= 4 is 5.69 Å². The molecule has 3 heteroatoms. The Bertz CT molecular complexity index is 386. The van der Waals surface area contributed by atoms with E-state index in [4.69, 9.17) is 0 Å². The van der Waals surface area contributed by atoms with Crippen molar-refractivity contribution in [2.75, 3.05) is 11.4 Å². The highest BCUT2D eigenvalue weighted by molar-refractivity contribution is 5.52. The van der Waals surface area contributed by atoms with Gasteiger partial charge in [-0.25, -0.2) is 0 Å². The van der Waals surface area contributed by atoms with E-state index in [1.165, 1.54) is 32.1 Å². The molecule has 1 N–H and O–H groups in total. The summed E-state index contributed by atoms with van der Waals surface area (Å²) >= 11 is 0. The van der Waals surface area contributed by atoms with Crippen LogP contribution in [0, 0.1) is 5.92 Å². The van der Waals surface area contributed by atoms with Gasteiger partial charge in [-0.15, -0.1) is 0 Å². The molecule has 0 bridgehead atoms. The fourth-order valence-electron chi connectivity index (χ4n) is 2.92. The van der Waals surface area contributed by atoms with Gasteiger partial charge in [0.15, 0.2) is 0 Å². The van der Waals surface area contributed by atoms with Crippen LogP contribution in [0.25, 0.3) is 0 Å². The monoisotopic (exact) mass is 262 g/mol. The molecular weight excluding hydrogens is 236 g/mol. The molecule has 0 atom stereocenters. The van der Waals surface area contributed by atoms with E-state index >= 15 is 0 Å². The molecule has 1 saturated carbocycles. The molecule has 0 amide bonds. The second-order valence-electron chi connectivity index (χ2n) is 5.98. The number of anilines is 1. The van der Waals surface area contributed by atoms with E-state index in [1.54, 1.807) is 6.20 Å². The Kier molecular flexibility index (Phi) is 5.20. The van der Waals surface area contributed by atoms with Gasteiger partial charge in [-0.1, -0.05) is 26.7 Å². The second kappa shape index (κ2) is 6.90. The first kappa shape index (κ1) is 14.3. The van der Waals surface area contributed by atoms with Crippen molar-refractivity contribution in [1.82, 2.24) is 4.98 Å². The van der Waals surface area contributed by atoms with Crippen LogP contribution >= 0.6 is 0 Å². The van der Waals surface area contributed by atoms with Gasteiger partial charge < -0.3 is 10.0 Å². The Morgan fingerprint density at radius 1 is 1.37 bits per heavy atom. The van der Waals surface area contributed by atoms with Crippen molar-refractivity contribution in [2.24, 2.45) is 5.92 Å². The van der Waals surface area contributed by atoms with Crippen LogP contribution in [0.1, 0.15) is 51.5 Å². The minimum Gasteiger partial charge on any atom is -0.392 e. The van der Waals surface area contributed by atoms with E-state index < -0.39 is 0 Å². The summed E-state index contributed by atoms with van der Waals surface area (Å²) < 4.78 is 0. The van der Waals surface area contributed by atoms with Gasteiger partial charge in [-0.05, 0) is 31.2 Å². The number of nitrogens with zero attached hydrogens (tertiary/aromatic N) is 2. The minimum absolute atomic E-state index is 0.1000. The molecule has 1 aromatic rings. The van der Waals surface area contributed by atoms with Gasteiger partial charge in [-0.2, -0.15) is 0 Å². The number of aliphatic hydroxyl groups is 1. The largest absolute Gasteiger partial charge is 0.392 e. The minimum atomic E-state index is 0.1000. The van der Waals surface area contributed by atoms with Crippen molar-refractivity contribution in [3.05, 3.63) is 24.0 Å². The predicted molar refractivity (Wildman–Crippen MR) is 79.2 cm³/mol. The molecule has 0 aliphatic heterocycles. The summed E-state index contributed by atoms with van der Waals surface area (Å²) in [5.74, 6) is 0.707. The van der Waals surface area contributed by atoms with Crippen LogP contribution in [0.2, 0.25) is 0 Å². The van der Waals surface area contributed by atoms with Crippen LogP contribution in [-0.4, -0.2) is 22.7 Å². The van der Waals surface area contributed by atoms with E-state index in [-0.39, 0.29) is 6.61 Å². The number of aromatic nitrogens is 1. The summed E-state index contributed by atoms with van der Waals surface area (Å²) in [7, 11) is 0. The van der Waals surface area contributed by atoms with Gasteiger partial charge in [0.2, 0.25) is 0 Å². The molecule has 1 fully saturated rings. The Morgan fingerprint density at radius 3 is 2.74 bits per heavy atom. The summed E-state index contributed by atoms with van der Waals surface area (Å²) in [5.41, 5.74) is 2.14. The fraction of sp³-hybridized carbons (Fsp3) is 0.688.